The van der Waals surface area contributed by atoms with Gasteiger partial charge in [0.05, 0.1) is 25.4 Å². The summed E-state index contributed by atoms with van der Waals surface area (Å²) >= 11 is 0. The number of aromatic nitrogens is 1. The van der Waals surface area contributed by atoms with Gasteiger partial charge >= 0.3 is 0 Å². The molecule has 1 aliphatic carbocycles. The number of carbonyl (C=O) groups excluding carboxylic acids is 2. The molecule has 168 valence electrons. The minimum atomic E-state index is -1.03. The van der Waals surface area contributed by atoms with Crippen LogP contribution in [0.25, 0.3) is 11.1 Å². The van der Waals surface area contributed by atoms with Crippen LogP contribution < -0.4 is 10.1 Å². The van der Waals surface area contributed by atoms with Crippen LogP contribution in [0.15, 0.2) is 47.1 Å². The molecule has 1 saturated carbocycles. The number of rotatable bonds is 5. The molecule has 1 unspecified atom stereocenters. The molecule has 2 aliphatic rings. The number of fused-ring (bicyclic) bond motifs is 3. The zero-order valence-corrected chi connectivity index (χ0v) is 18.6. The number of carbonyl (C=O) groups is 2. The zero-order chi connectivity index (χ0) is 22.3. The van der Waals surface area contributed by atoms with Gasteiger partial charge in [0.15, 0.2) is 5.58 Å². The molecule has 7 nitrogen and oxygen atoms in total. The van der Waals surface area contributed by atoms with E-state index in [0.29, 0.717) is 24.4 Å². The van der Waals surface area contributed by atoms with Gasteiger partial charge in [-0.15, -0.1) is 0 Å². The van der Waals surface area contributed by atoms with Gasteiger partial charge in [0, 0.05) is 24.7 Å². The van der Waals surface area contributed by atoms with E-state index >= 15 is 0 Å². The van der Waals surface area contributed by atoms with Gasteiger partial charge in [0.25, 0.3) is 5.91 Å². The number of methoxy groups -OCH3 is 1. The first-order valence-electron chi connectivity index (χ1n) is 11.3. The number of nitrogens with one attached hydrogen (secondary N) is 1. The molecule has 0 spiro atoms. The van der Waals surface area contributed by atoms with E-state index in [-0.39, 0.29) is 17.9 Å². The minimum absolute atomic E-state index is 0.100. The van der Waals surface area contributed by atoms with Crippen molar-refractivity contribution in [2.45, 2.75) is 63.7 Å². The summed E-state index contributed by atoms with van der Waals surface area (Å²) in [5, 5.41) is 3.26. The summed E-state index contributed by atoms with van der Waals surface area (Å²) in [6.45, 7) is 2.56. The van der Waals surface area contributed by atoms with E-state index in [1.54, 1.807) is 24.3 Å². The van der Waals surface area contributed by atoms with Gasteiger partial charge in [-0.2, -0.15) is 0 Å². The van der Waals surface area contributed by atoms with Gasteiger partial charge < -0.3 is 23.9 Å². The lowest BCUT2D eigenvalue weighted by Gasteiger charge is -2.44. The predicted octanol–water partition coefficient (Wildman–Crippen LogP) is 4.11. The standard InChI is InChI=1S/C25H29N3O4/c1-25(24(30)26-18-8-4-3-5-9-18)16-27-20-11-12-32-22(20)14-21(27)23(29)28(25)15-17-7-6-10-19(13-17)31-2/h6-7,10-14,18H,3-5,8-9,15-16H2,1-2H3,(H,26,30). The van der Waals surface area contributed by atoms with E-state index in [9.17, 15) is 9.59 Å². The Morgan fingerprint density at radius 3 is 2.81 bits per heavy atom. The van der Waals surface area contributed by atoms with Crippen molar-refractivity contribution in [1.29, 1.82) is 0 Å². The SMILES string of the molecule is COc1cccc(CN2C(=O)c3cc4occc4n3CC2(C)C(=O)NC2CCCCC2)c1. The molecule has 7 heteroatoms. The summed E-state index contributed by atoms with van der Waals surface area (Å²) in [6, 6.07) is 11.4. The van der Waals surface area contributed by atoms with Crippen molar-refractivity contribution in [3.05, 3.63) is 53.9 Å². The summed E-state index contributed by atoms with van der Waals surface area (Å²) in [5.41, 5.74) is 1.93. The van der Waals surface area contributed by atoms with Crippen LogP contribution in [0, 0.1) is 0 Å². The zero-order valence-electron chi connectivity index (χ0n) is 18.6. The average molecular weight is 436 g/mol. The van der Waals surface area contributed by atoms with Crippen molar-refractivity contribution < 1.29 is 18.7 Å². The van der Waals surface area contributed by atoms with Crippen LogP contribution >= 0.6 is 0 Å². The highest BCUT2D eigenvalue weighted by molar-refractivity contribution is 6.02. The molecule has 0 bridgehead atoms. The highest BCUT2D eigenvalue weighted by Crippen LogP contribution is 2.34. The molecule has 1 aliphatic heterocycles. The second kappa shape index (κ2) is 8.04. The fourth-order valence-corrected chi connectivity index (χ4v) is 5.06. The van der Waals surface area contributed by atoms with Gasteiger partial charge in [0.2, 0.25) is 5.91 Å². The predicted molar refractivity (Wildman–Crippen MR) is 120 cm³/mol. The van der Waals surface area contributed by atoms with Crippen molar-refractivity contribution >= 4 is 22.9 Å². The number of hydrogen-bond acceptors (Lipinski definition) is 4. The number of benzene rings is 1. The Balaban J connectivity index is 1.53. The molecule has 1 fully saturated rings. The topological polar surface area (TPSA) is 76.7 Å². The first-order chi connectivity index (χ1) is 15.5. The number of ether oxygens (including phenoxy) is 1. The summed E-state index contributed by atoms with van der Waals surface area (Å²) in [4.78, 5) is 29.1. The van der Waals surface area contributed by atoms with Gasteiger partial charge in [-0.05, 0) is 37.5 Å². The van der Waals surface area contributed by atoms with Crippen LogP contribution in [0.1, 0.15) is 55.1 Å². The van der Waals surface area contributed by atoms with Crippen molar-refractivity contribution in [3.63, 3.8) is 0 Å². The van der Waals surface area contributed by atoms with Crippen molar-refractivity contribution in [3.8, 4) is 5.75 Å². The second-order valence-corrected chi connectivity index (χ2v) is 9.11. The number of hydrogen-bond donors (Lipinski definition) is 1. The lowest BCUT2D eigenvalue weighted by Crippen LogP contribution is -2.64. The molecular weight excluding hydrogens is 406 g/mol. The van der Waals surface area contributed by atoms with Crippen LogP contribution in [-0.4, -0.2) is 40.0 Å². The molecule has 0 saturated heterocycles. The molecule has 32 heavy (non-hydrogen) atoms. The van der Waals surface area contributed by atoms with Crippen LogP contribution in [0.2, 0.25) is 0 Å². The summed E-state index contributed by atoms with van der Waals surface area (Å²) in [5.74, 6) is 0.449. The lowest BCUT2D eigenvalue weighted by molar-refractivity contribution is -0.134. The summed E-state index contributed by atoms with van der Waals surface area (Å²) in [6.07, 6.45) is 7.08. The molecule has 3 heterocycles. The highest BCUT2D eigenvalue weighted by Gasteiger charge is 2.48. The smallest absolute Gasteiger partial charge is 0.271 e. The first kappa shape index (κ1) is 20.7. The van der Waals surface area contributed by atoms with Crippen LogP contribution in [0.5, 0.6) is 5.75 Å². The second-order valence-electron chi connectivity index (χ2n) is 9.11. The van der Waals surface area contributed by atoms with Crippen molar-refractivity contribution in [2.24, 2.45) is 0 Å². The fraction of sp³-hybridized carbons (Fsp3) is 0.440. The fourth-order valence-electron chi connectivity index (χ4n) is 5.06. The maximum Gasteiger partial charge on any atom is 0.271 e. The Kier molecular flexibility index (Phi) is 5.19. The van der Waals surface area contributed by atoms with Crippen LogP contribution in [-0.2, 0) is 17.9 Å². The van der Waals surface area contributed by atoms with Crippen LogP contribution in [0.4, 0.5) is 0 Å². The van der Waals surface area contributed by atoms with Gasteiger partial charge in [-0.1, -0.05) is 31.4 Å². The summed E-state index contributed by atoms with van der Waals surface area (Å²) < 4.78 is 12.8. The van der Waals surface area contributed by atoms with Crippen molar-refractivity contribution in [1.82, 2.24) is 14.8 Å². The lowest BCUT2D eigenvalue weighted by atomic mass is 9.91. The third-order valence-corrected chi connectivity index (χ3v) is 6.95. The maximum absolute atomic E-state index is 13.7. The van der Waals surface area contributed by atoms with Gasteiger partial charge in [-0.3, -0.25) is 9.59 Å². The van der Waals surface area contributed by atoms with E-state index in [4.69, 9.17) is 9.15 Å². The number of nitrogens with zero attached hydrogens (tertiary/aromatic N) is 2. The molecule has 1 aromatic carbocycles. The average Bonchev–Trinajstić information content (AvgIpc) is 3.40. The van der Waals surface area contributed by atoms with E-state index in [0.717, 1.165) is 42.5 Å². The Morgan fingerprint density at radius 1 is 1.22 bits per heavy atom. The molecule has 1 N–H and O–H groups in total. The Bertz CT molecular complexity index is 1160. The molecule has 3 aromatic rings. The van der Waals surface area contributed by atoms with E-state index in [2.05, 4.69) is 5.32 Å². The van der Waals surface area contributed by atoms with Gasteiger partial charge in [0.1, 0.15) is 17.0 Å². The molecule has 0 radical (unpaired) electrons. The third-order valence-electron chi connectivity index (χ3n) is 6.95. The van der Waals surface area contributed by atoms with E-state index < -0.39 is 5.54 Å². The third kappa shape index (κ3) is 3.45. The maximum atomic E-state index is 13.7. The number of amides is 2. The monoisotopic (exact) mass is 435 g/mol. The Labute approximate surface area is 187 Å². The highest BCUT2D eigenvalue weighted by atomic mass is 16.5. The van der Waals surface area contributed by atoms with Crippen LogP contribution in [0.3, 0.4) is 0 Å². The molecule has 2 amide bonds. The molecular formula is C25H29N3O4. The largest absolute Gasteiger partial charge is 0.497 e. The quantitative estimate of drug-likeness (QED) is 0.654. The first-order valence-corrected chi connectivity index (χ1v) is 11.3. The number of furan rings is 1. The minimum Gasteiger partial charge on any atom is -0.497 e. The Hall–Kier alpha value is -3.22. The molecule has 2 aromatic heterocycles. The van der Waals surface area contributed by atoms with E-state index in [1.807, 2.05) is 41.8 Å². The van der Waals surface area contributed by atoms with E-state index in [1.165, 1.54) is 6.42 Å². The van der Waals surface area contributed by atoms with Crippen molar-refractivity contribution in [2.75, 3.05) is 7.11 Å². The van der Waals surface area contributed by atoms with Gasteiger partial charge in [-0.25, -0.2) is 0 Å². The normalized spacial score (nSPS) is 21.6. The Morgan fingerprint density at radius 2 is 2.03 bits per heavy atom. The summed E-state index contributed by atoms with van der Waals surface area (Å²) in [7, 11) is 1.62. The molecule has 1 atom stereocenters. The molecule has 5 rings (SSSR count).